The molecule has 0 saturated heterocycles. The summed E-state index contributed by atoms with van der Waals surface area (Å²) in [4.78, 5) is 101. The first-order chi connectivity index (χ1) is 32.8. The Morgan fingerprint density at radius 2 is 1.41 bits per heavy atom. The number of nitrogens with one attached hydrogen (secondary N) is 4. The third-order valence-electron chi connectivity index (χ3n) is 11.1. The van der Waals surface area contributed by atoms with E-state index in [-0.39, 0.29) is 19.3 Å². The Balaban J connectivity index is 1.97. The number of hydrogen-bond donors (Lipinski definition) is 7. The lowest BCUT2D eigenvalue weighted by Crippen LogP contribution is -2.55. The van der Waals surface area contributed by atoms with Gasteiger partial charge in [0.25, 0.3) is 5.76 Å². The second-order valence-electron chi connectivity index (χ2n) is 17.4. The molecule has 0 spiro atoms. The van der Waals surface area contributed by atoms with E-state index in [9.17, 15) is 48.3 Å². The van der Waals surface area contributed by atoms with Gasteiger partial charge in [-0.05, 0) is 67.3 Å². The molecule has 2 amide bonds. The SMILES string of the molecule is CCCCCCCCCCCCCCCC(=O)OC(COC(=O)CCC(=O)ONC(C)C(=O)NC(CCCCN)C(=O)NC(Cc1cnc[nH]1)C(=O)O)C1OC(=O)C(OP(=O)(N(C)C)N(C)C)=C1O. The number of imidazole rings is 1. The minimum Gasteiger partial charge on any atom is -0.505 e. The fourth-order valence-electron chi connectivity index (χ4n) is 6.99. The third-order valence-corrected chi connectivity index (χ3v) is 13.5. The summed E-state index contributed by atoms with van der Waals surface area (Å²) < 4.78 is 37.6. The highest BCUT2D eigenvalue weighted by Crippen LogP contribution is 2.53. The van der Waals surface area contributed by atoms with Crippen LogP contribution in [-0.4, -0.2) is 143 Å². The number of aliphatic carboxylic acids is 1. The number of carbonyl (C=O) groups excluding carboxylic acids is 6. The van der Waals surface area contributed by atoms with E-state index in [4.69, 9.17) is 29.3 Å². The number of esters is 3. The van der Waals surface area contributed by atoms with Gasteiger partial charge in [0.05, 0.1) is 19.2 Å². The van der Waals surface area contributed by atoms with Crippen molar-refractivity contribution in [3.05, 3.63) is 29.7 Å². The molecule has 0 aliphatic carbocycles. The van der Waals surface area contributed by atoms with Crippen LogP contribution >= 0.6 is 7.67 Å². The zero-order chi connectivity index (χ0) is 51.4. The standard InChI is InChI=1S/C45H77N8O15P/c1-7-8-9-10-11-12-13-14-15-16-17-18-19-23-37(55)65-35(40-39(57)41(45(62)66-40)68-69(63,52(3)4)53(5)6)29-64-36(54)24-25-38(56)67-51-31(2)42(58)49-33(22-20-21-26-46)43(59)50-34(44(60)61)27-32-28-47-30-48-32/h28,30-31,33-35,40,51,57H,7-27,29,46H2,1-6H3,(H,47,48)(H,49,58)(H,50,59)(H,60,61). The van der Waals surface area contributed by atoms with Crippen LogP contribution < -0.4 is 21.8 Å². The summed E-state index contributed by atoms with van der Waals surface area (Å²) in [5.74, 6) is -8.29. The van der Waals surface area contributed by atoms with Gasteiger partial charge in [-0.1, -0.05) is 84.0 Å². The number of carboxylic acid groups (broad SMARTS) is 1. The normalized spacial score (nSPS) is 15.6. The summed E-state index contributed by atoms with van der Waals surface area (Å²) in [5.41, 5.74) is 8.31. The Bertz CT molecular complexity index is 1840. The predicted octanol–water partition coefficient (Wildman–Crippen LogP) is 4.23. The van der Waals surface area contributed by atoms with Gasteiger partial charge in [0.15, 0.2) is 11.9 Å². The van der Waals surface area contributed by atoms with Crippen LogP contribution in [0, 0.1) is 0 Å². The summed E-state index contributed by atoms with van der Waals surface area (Å²) in [6.45, 7) is 3.14. The fraction of sp³-hybridized carbons (Fsp3) is 0.733. The number of amides is 2. The summed E-state index contributed by atoms with van der Waals surface area (Å²) in [6, 6.07) is -3.70. The van der Waals surface area contributed by atoms with E-state index in [1.807, 2.05) is 0 Å². The molecule has 1 aliphatic rings. The molecule has 2 heterocycles. The first-order valence-electron chi connectivity index (χ1n) is 23.9. The van der Waals surface area contributed by atoms with E-state index in [1.54, 1.807) is 0 Å². The number of nitrogens with two attached hydrogens (primary N) is 1. The van der Waals surface area contributed by atoms with Gasteiger partial charge in [-0.15, -0.1) is 5.48 Å². The molecule has 1 aliphatic heterocycles. The molecule has 0 bridgehead atoms. The maximum absolute atomic E-state index is 13.5. The number of H-pyrrole nitrogens is 1. The molecule has 392 valence electrons. The number of nitrogens with zero attached hydrogens (tertiary/aromatic N) is 3. The molecule has 69 heavy (non-hydrogen) atoms. The molecule has 0 aromatic carbocycles. The maximum Gasteiger partial charge on any atom is 0.395 e. The number of cyclic esters (lactones) is 1. The minimum absolute atomic E-state index is 0.0114. The second kappa shape index (κ2) is 32.7. The number of carbonyl (C=O) groups is 7. The molecule has 2 rings (SSSR count). The lowest BCUT2D eigenvalue weighted by Gasteiger charge is -2.29. The van der Waals surface area contributed by atoms with E-state index in [0.717, 1.165) is 25.7 Å². The Hall–Kier alpha value is -5.09. The molecule has 5 atom stereocenters. The molecule has 0 radical (unpaired) electrons. The van der Waals surface area contributed by atoms with Gasteiger partial charge >= 0.3 is 37.5 Å². The van der Waals surface area contributed by atoms with Crippen molar-refractivity contribution in [2.45, 2.75) is 173 Å². The number of aromatic nitrogens is 2. The van der Waals surface area contributed by atoms with Crippen LogP contribution in [0.5, 0.6) is 0 Å². The number of aromatic amines is 1. The Morgan fingerprint density at radius 1 is 0.826 bits per heavy atom. The number of hydroxylamine groups is 1. The number of hydrogen-bond acceptors (Lipinski definition) is 17. The van der Waals surface area contributed by atoms with Crippen LogP contribution in [0.4, 0.5) is 0 Å². The van der Waals surface area contributed by atoms with Crippen LogP contribution in [0.2, 0.25) is 0 Å². The van der Waals surface area contributed by atoms with Crippen LogP contribution in [0.1, 0.15) is 142 Å². The van der Waals surface area contributed by atoms with Gasteiger partial charge in [0.1, 0.15) is 24.7 Å². The maximum atomic E-state index is 13.5. The van der Waals surface area contributed by atoms with Crippen LogP contribution in [-0.2, 0) is 68.1 Å². The first-order valence-corrected chi connectivity index (χ1v) is 25.5. The summed E-state index contributed by atoms with van der Waals surface area (Å²) >= 11 is 0. The topological polar surface area (TPSA) is 320 Å². The van der Waals surface area contributed by atoms with E-state index in [1.165, 1.54) is 108 Å². The van der Waals surface area contributed by atoms with Crippen molar-refractivity contribution in [3.63, 3.8) is 0 Å². The van der Waals surface area contributed by atoms with Gasteiger partial charge in [-0.3, -0.25) is 24.0 Å². The average molecular weight is 1000 g/mol. The Kier molecular flexibility index (Phi) is 28.4. The third kappa shape index (κ3) is 22.5. The Labute approximate surface area is 405 Å². The van der Waals surface area contributed by atoms with Gasteiger partial charge in [-0.25, -0.2) is 28.5 Å². The number of aliphatic hydroxyl groups is 1. The van der Waals surface area contributed by atoms with E-state index in [2.05, 4.69) is 33.0 Å². The van der Waals surface area contributed by atoms with Gasteiger partial charge in [0, 0.05) is 24.7 Å². The smallest absolute Gasteiger partial charge is 0.395 e. The van der Waals surface area contributed by atoms with Gasteiger partial charge in [0.2, 0.25) is 17.9 Å². The largest absolute Gasteiger partial charge is 0.505 e. The van der Waals surface area contributed by atoms with Crippen molar-refractivity contribution in [2.24, 2.45) is 5.73 Å². The molecule has 1 aromatic heterocycles. The molecule has 23 nitrogen and oxygen atoms in total. The summed E-state index contributed by atoms with van der Waals surface area (Å²) in [6.07, 6.45) is 13.8. The van der Waals surface area contributed by atoms with E-state index >= 15 is 0 Å². The molecule has 0 fully saturated rings. The van der Waals surface area contributed by atoms with Crippen molar-refractivity contribution in [1.82, 2.24) is 35.4 Å². The van der Waals surface area contributed by atoms with Crippen molar-refractivity contribution in [1.29, 1.82) is 0 Å². The van der Waals surface area contributed by atoms with Gasteiger partial charge < -0.3 is 55.1 Å². The van der Waals surface area contributed by atoms with Crippen LogP contribution in [0.25, 0.3) is 0 Å². The molecule has 5 unspecified atom stereocenters. The lowest BCUT2D eigenvalue weighted by atomic mass is 10.0. The Morgan fingerprint density at radius 3 is 1.96 bits per heavy atom. The molecular weight excluding hydrogens is 924 g/mol. The highest BCUT2D eigenvalue weighted by Gasteiger charge is 2.47. The van der Waals surface area contributed by atoms with E-state index < -0.39 is 111 Å². The number of ether oxygens (including phenoxy) is 3. The lowest BCUT2D eigenvalue weighted by molar-refractivity contribution is -0.171. The minimum atomic E-state index is -3.87. The molecule has 1 aromatic rings. The average Bonchev–Trinajstić information content (AvgIpc) is 3.93. The molecule has 8 N–H and O–H groups in total. The zero-order valence-electron chi connectivity index (χ0n) is 41.2. The van der Waals surface area contributed by atoms with Crippen molar-refractivity contribution >= 4 is 49.3 Å². The molecular formula is C45H77N8O15P. The fourth-order valence-corrected chi connectivity index (χ4v) is 8.44. The highest BCUT2D eigenvalue weighted by atomic mass is 31.2. The molecule has 24 heteroatoms. The monoisotopic (exact) mass is 1000 g/mol. The predicted molar refractivity (Wildman–Crippen MR) is 251 cm³/mol. The van der Waals surface area contributed by atoms with Crippen LogP contribution in [0.15, 0.2) is 24.0 Å². The number of unbranched alkanes of at least 4 members (excludes halogenated alkanes) is 13. The quantitative estimate of drug-likeness (QED) is 0.0160. The van der Waals surface area contributed by atoms with Crippen molar-refractivity contribution < 1.29 is 71.9 Å². The van der Waals surface area contributed by atoms with Crippen molar-refractivity contribution in [3.8, 4) is 0 Å². The van der Waals surface area contributed by atoms with Crippen LogP contribution in [0.3, 0.4) is 0 Å². The van der Waals surface area contributed by atoms with E-state index in [0.29, 0.717) is 31.5 Å². The summed E-state index contributed by atoms with van der Waals surface area (Å²) in [7, 11) is 1.90. The highest BCUT2D eigenvalue weighted by molar-refractivity contribution is 7.54. The molecule has 0 saturated carbocycles. The number of rotatable bonds is 38. The summed E-state index contributed by atoms with van der Waals surface area (Å²) in [5, 5.41) is 25.8. The number of carboxylic acids is 1. The first kappa shape index (κ1) is 60.0. The zero-order valence-corrected chi connectivity index (χ0v) is 42.1. The number of aliphatic hydroxyl groups excluding tert-OH is 1. The van der Waals surface area contributed by atoms with Crippen molar-refractivity contribution in [2.75, 3.05) is 41.3 Å². The second-order valence-corrected chi connectivity index (χ2v) is 20.1. The van der Waals surface area contributed by atoms with Gasteiger partial charge in [-0.2, -0.15) is 0 Å².